The molecule has 1 saturated carbocycles. The van der Waals surface area contributed by atoms with Gasteiger partial charge >= 0.3 is 0 Å². The van der Waals surface area contributed by atoms with Crippen molar-refractivity contribution in [3.05, 3.63) is 0 Å². The highest BCUT2D eigenvalue weighted by Crippen LogP contribution is 2.38. The van der Waals surface area contributed by atoms with Crippen LogP contribution >= 0.6 is 15.9 Å². The van der Waals surface area contributed by atoms with E-state index in [-0.39, 0.29) is 17.4 Å². The fourth-order valence-corrected chi connectivity index (χ4v) is 1.29. The van der Waals surface area contributed by atoms with Gasteiger partial charge in [-0.3, -0.25) is 4.79 Å². The minimum atomic E-state index is -0.112. The van der Waals surface area contributed by atoms with E-state index in [2.05, 4.69) is 28.2 Å². The highest BCUT2D eigenvalue weighted by Gasteiger charge is 2.40. The van der Waals surface area contributed by atoms with Crippen molar-refractivity contribution >= 4 is 21.8 Å². The van der Waals surface area contributed by atoms with Crippen molar-refractivity contribution in [3.63, 3.8) is 0 Å². The third-order valence-electron chi connectivity index (χ3n) is 2.24. The molecule has 1 amide bonds. The number of rotatable bonds is 3. The average molecular weight is 234 g/mol. The summed E-state index contributed by atoms with van der Waals surface area (Å²) in [6.45, 7) is 6.16. The highest BCUT2D eigenvalue weighted by molar-refractivity contribution is 9.09. The van der Waals surface area contributed by atoms with Crippen LogP contribution in [0.1, 0.15) is 27.2 Å². The molecule has 0 aliphatic heterocycles. The zero-order valence-electron chi connectivity index (χ0n) is 7.86. The standard InChI is InChI=1S/C9H16BrNO/c1-6-4-7(6)8(12)11-9(2,3)5-10/h6-7H,4-5H2,1-3H3,(H,11,12). The Morgan fingerprint density at radius 1 is 1.67 bits per heavy atom. The van der Waals surface area contributed by atoms with Gasteiger partial charge < -0.3 is 5.32 Å². The second-order valence-corrected chi connectivity index (χ2v) is 4.89. The molecule has 0 heterocycles. The van der Waals surface area contributed by atoms with E-state index >= 15 is 0 Å². The quantitative estimate of drug-likeness (QED) is 0.743. The van der Waals surface area contributed by atoms with Crippen molar-refractivity contribution < 1.29 is 4.79 Å². The summed E-state index contributed by atoms with van der Waals surface area (Å²) in [6, 6.07) is 0. The number of alkyl halides is 1. The zero-order chi connectivity index (χ0) is 9.35. The Morgan fingerprint density at radius 2 is 2.17 bits per heavy atom. The molecule has 0 aromatic heterocycles. The molecule has 0 aromatic carbocycles. The van der Waals surface area contributed by atoms with Gasteiger partial charge in [-0.05, 0) is 26.2 Å². The SMILES string of the molecule is CC1CC1C(=O)NC(C)(C)CBr. The Hall–Kier alpha value is -0.0500. The average Bonchev–Trinajstić information content (AvgIpc) is 2.66. The molecule has 1 fully saturated rings. The molecular formula is C9H16BrNO. The first-order valence-electron chi connectivity index (χ1n) is 4.34. The Kier molecular flexibility index (Phi) is 2.81. The fraction of sp³-hybridized carbons (Fsp3) is 0.889. The van der Waals surface area contributed by atoms with Crippen LogP contribution in [0.15, 0.2) is 0 Å². The summed E-state index contributed by atoms with van der Waals surface area (Å²) in [4.78, 5) is 11.5. The van der Waals surface area contributed by atoms with E-state index < -0.39 is 0 Å². The van der Waals surface area contributed by atoms with E-state index in [1.807, 2.05) is 13.8 Å². The van der Waals surface area contributed by atoms with Crippen LogP contribution in [-0.4, -0.2) is 16.8 Å². The van der Waals surface area contributed by atoms with Gasteiger partial charge in [0.2, 0.25) is 5.91 Å². The van der Waals surface area contributed by atoms with Gasteiger partial charge in [0, 0.05) is 16.8 Å². The lowest BCUT2D eigenvalue weighted by Gasteiger charge is -2.23. The summed E-state index contributed by atoms with van der Waals surface area (Å²) in [6.07, 6.45) is 1.06. The lowest BCUT2D eigenvalue weighted by Crippen LogP contribution is -2.45. The first-order chi connectivity index (χ1) is 5.46. The first-order valence-corrected chi connectivity index (χ1v) is 5.46. The van der Waals surface area contributed by atoms with E-state index in [1.54, 1.807) is 0 Å². The summed E-state index contributed by atoms with van der Waals surface area (Å²) in [7, 11) is 0. The number of nitrogens with one attached hydrogen (secondary N) is 1. The monoisotopic (exact) mass is 233 g/mol. The minimum Gasteiger partial charge on any atom is -0.350 e. The summed E-state index contributed by atoms with van der Waals surface area (Å²) in [5.74, 6) is 1.09. The van der Waals surface area contributed by atoms with Gasteiger partial charge in [-0.15, -0.1) is 0 Å². The maximum absolute atomic E-state index is 11.5. The van der Waals surface area contributed by atoms with Crippen LogP contribution in [0.4, 0.5) is 0 Å². The van der Waals surface area contributed by atoms with E-state index in [4.69, 9.17) is 0 Å². The maximum atomic E-state index is 11.5. The molecule has 0 aromatic rings. The van der Waals surface area contributed by atoms with Crippen molar-refractivity contribution in [1.82, 2.24) is 5.32 Å². The number of amides is 1. The van der Waals surface area contributed by atoms with Crippen LogP contribution in [-0.2, 0) is 4.79 Å². The fourth-order valence-electron chi connectivity index (χ4n) is 1.15. The van der Waals surface area contributed by atoms with Gasteiger partial charge in [-0.1, -0.05) is 22.9 Å². The number of hydrogen-bond donors (Lipinski definition) is 1. The maximum Gasteiger partial charge on any atom is 0.223 e. The van der Waals surface area contributed by atoms with Crippen molar-refractivity contribution in [3.8, 4) is 0 Å². The lowest BCUT2D eigenvalue weighted by molar-refractivity contribution is -0.123. The van der Waals surface area contributed by atoms with Crippen molar-refractivity contribution in [2.45, 2.75) is 32.7 Å². The Balaban J connectivity index is 2.36. The molecule has 0 bridgehead atoms. The van der Waals surface area contributed by atoms with E-state index in [0.29, 0.717) is 5.92 Å². The first kappa shape index (κ1) is 10.0. The lowest BCUT2D eigenvalue weighted by atomic mass is 10.1. The Labute approximate surface area is 82.2 Å². The molecule has 70 valence electrons. The predicted molar refractivity (Wildman–Crippen MR) is 53.3 cm³/mol. The Morgan fingerprint density at radius 3 is 2.50 bits per heavy atom. The van der Waals surface area contributed by atoms with E-state index in [1.165, 1.54) is 0 Å². The zero-order valence-corrected chi connectivity index (χ0v) is 9.44. The number of carbonyl (C=O) groups excluding carboxylic acids is 1. The van der Waals surface area contributed by atoms with Crippen molar-refractivity contribution in [1.29, 1.82) is 0 Å². The second kappa shape index (κ2) is 3.36. The molecule has 1 rings (SSSR count). The van der Waals surface area contributed by atoms with E-state index in [0.717, 1.165) is 11.8 Å². The van der Waals surface area contributed by atoms with Crippen LogP contribution in [0.5, 0.6) is 0 Å². The highest BCUT2D eigenvalue weighted by atomic mass is 79.9. The van der Waals surface area contributed by atoms with Crippen LogP contribution < -0.4 is 5.32 Å². The normalized spacial score (nSPS) is 28.3. The summed E-state index contributed by atoms with van der Waals surface area (Å²) < 4.78 is 0. The van der Waals surface area contributed by atoms with Gasteiger partial charge in [-0.25, -0.2) is 0 Å². The Bertz CT molecular complexity index is 191. The van der Waals surface area contributed by atoms with Crippen LogP contribution in [0, 0.1) is 11.8 Å². The molecule has 0 spiro atoms. The molecule has 12 heavy (non-hydrogen) atoms. The minimum absolute atomic E-state index is 0.112. The van der Waals surface area contributed by atoms with Crippen molar-refractivity contribution in [2.24, 2.45) is 11.8 Å². The summed E-state index contributed by atoms with van der Waals surface area (Å²) in [5, 5.41) is 3.81. The number of carbonyl (C=O) groups is 1. The molecular weight excluding hydrogens is 218 g/mol. The molecule has 1 aliphatic carbocycles. The van der Waals surface area contributed by atoms with Crippen LogP contribution in [0.25, 0.3) is 0 Å². The van der Waals surface area contributed by atoms with E-state index in [9.17, 15) is 4.79 Å². The number of hydrogen-bond acceptors (Lipinski definition) is 1. The molecule has 1 aliphatic rings. The second-order valence-electron chi connectivity index (χ2n) is 4.33. The third-order valence-corrected chi connectivity index (χ3v) is 3.64. The molecule has 1 N–H and O–H groups in total. The summed E-state index contributed by atoms with van der Waals surface area (Å²) in [5.41, 5.74) is -0.112. The predicted octanol–water partition coefficient (Wildman–Crippen LogP) is 1.93. The van der Waals surface area contributed by atoms with Gasteiger partial charge in [0.25, 0.3) is 0 Å². The molecule has 3 heteroatoms. The number of halogens is 1. The largest absolute Gasteiger partial charge is 0.350 e. The molecule has 2 atom stereocenters. The topological polar surface area (TPSA) is 29.1 Å². The molecule has 2 nitrogen and oxygen atoms in total. The van der Waals surface area contributed by atoms with Gasteiger partial charge in [0.05, 0.1) is 0 Å². The van der Waals surface area contributed by atoms with Gasteiger partial charge in [0.15, 0.2) is 0 Å². The van der Waals surface area contributed by atoms with Crippen molar-refractivity contribution in [2.75, 3.05) is 5.33 Å². The molecule has 0 saturated heterocycles. The molecule has 0 radical (unpaired) electrons. The summed E-state index contributed by atoms with van der Waals surface area (Å²) >= 11 is 3.37. The van der Waals surface area contributed by atoms with Gasteiger partial charge in [0.1, 0.15) is 0 Å². The smallest absolute Gasteiger partial charge is 0.223 e. The third kappa shape index (κ3) is 2.47. The van der Waals surface area contributed by atoms with Crippen LogP contribution in [0.3, 0.4) is 0 Å². The molecule has 2 unspecified atom stereocenters. The van der Waals surface area contributed by atoms with Crippen LogP contribution in [0.2, 0.25) is 0 Å². The van der Waals surface area contributed by atoms with Gasteiger partial charge in [-0.2, -0.15) is 0 Å².